The van der Waals surface area contributed by atoms with Crippen LogP contribution in [-0.2, 0) is 24.3 Å². The van der Waals surface area contributed by atoms with Crippen LogP contribution in [0.1, 0.15) is 34.0 Å². The zero-order valence-corrected chi connectivity index (χ0v) is 16.8. The van der Waals surface area contributed by atoms with Gasteiger partial charge in [0.15, 0.2) is 0 Å². The van der Waals surface area contributed by atoms with Crippen molar-refractivity contribution in [3.8, 4) is 0 Å². The first-order valence-corrected chi connectivity index (χ1v) is 9.94. The average Bonchev–Trinajstić information content (AvgIpc) is 2.77. The highest BCUT2D eigenvalue weighted by Crippen LogP contribution is 2.33. The Morgan fingerprint density at radius 2 is 1.63 bits per heavy atom. The second kappa shape index (κ2) is 8.11. The van der Waals surface area contributed by atoms with Gasteiger partial charge in [-0.25, -0.2) is 4.39 Å². The number of nitrogens with one attached hydrogen (secondary N) is 1. The van der Waals surface area contributed by atoms with E-state index in [0.717, 1.165) is 16.7 Å². The lowest BCUT2D eigenvalue weighted by molar-refractivity contribution is -0.132. The Morgan fingerprint density at radius 1 is 0.967 bits per heavy atom. The number of halogens is 1. The lowest BCUT2D eigenvalue weighted by Gasteiger charge is -2.44. The van der Waals surface area contributed by atoms with Crippen LogP contribution in [0.3, 0.4) is 0 Å². The monoisotopic (exact) mass is 402 g/mol. The maximum atomic E-state index is 13.4. The van der Waals surface area contributed by atoms with E-state index >= 15 is 0 Å². The zero-order valence-electron chi connectivity index (χ0n) is 16.8. The Labute approximate surface area is 175 Å². The Balaban J connectivity index is 1.65. The van der Waals surface area contributed by atoms with Crippen molar-refractivity contribution in [1.82, 2.24) is 10.2 Å². The van der Waals surface area contributed by atoms with Gasteiger partial charge in [-0.1, -0.05) is 60.7 Å². The fraction of sp³-hybridized carbons (Fsp3) is 0.200. The Kier molecular flexibility index (Phi) is 5.36. The summed E-state index contributed by atoms with van der Waals surface area (Å²) < 4.78 is 13.3. The molecule has 30 heavy (non-hydrogen) atoms. The molecule has 3 aromatic rings. The lowest BCUT2D eigenvalue weighted by atomic mass is 9.82. The van der Waals surface area contributed by atoms with E-state index in [1.165, 1.54) is 12.1 Å². The predicted octanol–water partition coefficient (Wildman–Crippen LogP) is 4.10. The summed E-state index contributed by atoms with van der Waals surface area (Å²) in [6, 6.07) is 23.1. The van der Waals surface area contributed by atoms with Crippen molar-refractivity contribution in [2.75, 3.05) is 0 Å². The molecule has 4 rings (SSSR count). The van der Waals surface area contributed by atoms with E-state index in [9.17, 15) is 14.0 Å². The van der Waals surface area contributed by atoms with E-state index in [0.29, 0.717) is 18.5 Å². The average molecular weight is 402 g/mol. The Morgan fingerprint density at radius 3 is 2.37 bits per heavy atom. The van der Waals surface area contributed by atoms with Gasteiger partial charge < -0.3 is 10.2 Å². The van der Waals surface area contributed by atoms with Gasteiger partial charge >= 0.3 is 0 Å². The van der Waals surface area contributed by atoms with Gasteiger partial charge in [0.1, 0.15) is 11.4 Å². The summed E-state index contributed by atoms with van der Waals surface area (Å²) in [5, 5.41) is 2.99. The van der Waals surface area contributed by atoms with E-state index in [2.05, 4.69) is 5.32 Å². The molecule has 1 aliphatic heterocycles. The number of amides is 2. The van der Waals surface area contributed by atoms with Crippen LogP contribution in [0.4, 0.5) is 4.39 Å². The molecule has 0 unspecified atom stereocenters. The molecular formula is C25H23FN2O2. The van der Waals surface area contributed by atoms with Crippen molar-refractivity contribution in [2.45, 2.75) is 32.0 Å². The first-order valence-electron chi connectivity index (χ1n) is 9.94. The lowest BCUT2D eigenvalue weighted by Crippen LogP contribution is -2.62. The van der Waals surface area contributed by atoms with Crippen molar-refractivity contribution >= 4 is 11.8 Å². The molecule has 0 bridgehead atoms. The molecular weight excluding hydrogens is 379 g/mol. The number of hydrogen-bond donors (Lipinski definition) is 1. The molecule has 152 valence electrons. The van der Waals surface area contributed by atoms with Crippen LogP contribution in [0.25, 0.3) is 0 Å². The van der Waals surface area contributed by atoms with Crippen molar-refractivity contribution in [2.24, 2.45) is 0 Å². The van der Waals surface area contributed by atoms with Crippen molar-refractivity contribution in [1.29, 1.82) is 0 Å². The van der Waals surface area contributed by atoms with Crippen LogP contribution >= 0.6 is 0 Å². The summed E-state index contributed by atoms with van der Waals surface area (Å²) in [6.07, 6.45) is 0.413. The smallest absolute Gasteiger partial charge is 0.255 e. The highest BCUT2D eigenvalue weighted by atomic mass is 19.1. The van der Waals surface area contributed by atoms with Crippen molar-refractivity contribution < 1.29 is 14.0 Å². The quantitative estimate of drug-likeness (QED) is 0.699. The third-order valence-electron chi connectivity index (χ3n) is 5.66. The van der Waals surface area contributed by atoms with Gasteiger partial charge in [0, 0.05) is 25.1 Å². The second-order valence-corrected chi connectivity index (χ2v) is 7.79. The second-order valence-electron chi connectivity index (χ2n) is 7.79. The number of hydrogen-bond acceptors (Lipinski definition) is 2. The fourth-order valence-corrected chi connectivity index (χ4v) is 3.91. The van der Waals surface area contributed by atoms with Crippen LogP contribution < -0.4 is 5.32 Å². The Hall–Kier alpha value is -3.47. The molecule has 1 N–H and O–H groups in total. The number of carbonyl (C=O) groups excluding carboxylic acids is 2. The van der Waals surface area contributed by atoms with E-state index in [-0.39, 0.29) is 24.2 Å². The van der Waals surface area contributed by atoms with Gasteiger partial charge in [0.05, 0.1) is 0 Å². The minimum absolute atomic E-state index is 0.196. The fourth-order valence-electron chi connectivity index (χ4n) is 3.91. The van der Waals surface area contributed by atoms with Crippen LogP contribution in [-0.4, -0.2) is 22.3 Å². The van der Waals surface area contributed by atoms with Crippen LogP contribution in [0.2, 0.25) is 0 Å². The molecule has 1 heterocycles. The Bertz CT molecular complexity index is 1070. The van der Waals surface area contributed by atoms with Gasteiger partial charge in [-0.3, -0.25) is 9.59 Å². The highest BCUT2D eigenvalue weighted by Gasteiger charge is 2.46. The summed E-state index contributed by atoms with van der Waals surface area (Å²) >= 11 is 0. The number of fused-ring (bicyclic) bond motifs is 1. The first kappa shape index (κ1) is 19.8. The summed E-state index contributed by atoms with van der Waals surface area (Å²) in [5.74, 6) is -0.743. The highest BCUT2D eigenvalue weighted by molar-refractivity contribution is 6.02. The van der Waals surface area contributed by atoms with Crippen LogP contribution in [0.15, 0.2) is 78.9 Å². The molecule has 2 amide bonds. The van der Waals surface area contributed by atoms with E-state index in [1.54, 1.807) is 30.0 Å². The summed E-state index contributed by atoms with van der Waals surface area (Å²) in [4.78, 5) is 28.3. The minimum atomic E-state index is -1.06. The largest absolute Gasteiger partial charge is 0.350 e. The molecule has 0 saturated carbocycles. The number of carbonyl (C=O) groups is 2. The molecule has 1 aliphatic rings. The number of nitrogens with zero attached hydrogens (tertiary/aromatic N) is 1. The normalized spacial score (nSPS) is 18.1. The molecule has 0 aromatic heterocycles. The van der Waals surface area contributed by atoms with E-state index < -0.39 is 5.54 Å². The zero-order chi connectivity index (χ0) is 21.1. The molecule has 0 spiro atoms. The molecule has 4 nitrogen and oxygen atoms in total. The molecule has 0 fully saturated rings. The standard InChI is InChI=1S/C25H23FN2O2/c1-25(24(30)27-16-18-7-3-2-4-8-18)15-20-9-5-6-10-22(20)23(29)28(25)17-19-11-13-21(26)14-12-19/h2-14H,15-17H2,1H3,(H,27,30)/t25-/m1/s1. The number of benzene rings is 3. The van der Waals surface area contributed by atoms with Gasteiger partial charge in [0.25, 0.3) is 5.91 Å². The summed E-state index contributed by atoms with van der Waals surface area (Å²) in [6.45, 7) is 2.41. The van der Waals surface area contributed by atoms with E-state index in [1.807, 2.05) is 48.5 Å². The van der Waals surface area contributed by atoms with Gasteiger partial charge in [-0.2, -0.15) is 0 Å². The molecule has 0 saturated heterocycles. The van der Waals surface area contributed by atoms with Crippen molar-refractivity contribution in [3.05, 3.63) is 107 Å². The predicted molar refractivity (Wildman–Crippen MR) is 113 cm³/mol. The third kappa shape index (κ3) is 3.83. The van der Waals surface area contributed by atoms with Gasteiger partial charge in [-0.15, -0.1) is 0 Å². The molecule has 0 aliphatic carbocycles. The van der Waals surface area contributed by atoms with E-state index in [4.69, 9.17) is 0 Å². The first-order chi connectivity index (χ1) is 14.5. The molecule has 3 aromatic carbocycles. The SMILES string of the molecule is C[C@]1(C(=O)NCc2ccccc2)Cc2ccccc2C(=O)N1Cc1ccc(F)cc1. The van der Waals surface area contributed by atoms with Crippen LogP contribution in [0, 0.1) is 5.82 Å². The topological polar surface area (TPSA) is 49.4 Å². The maximum absolute atomic E-state index is 13.4. The molecule has 5 heteroatoms. The number of rotatable bonds is 5. The molecule has 1 atom stereocenters. The minimum Gasteiger partial charge on any atom is -0.350 e. The summed E-state index contributed by atoms with van der Waals surface area (Å²) in [5.41, 5.74) is 2.16. The van der Waals surface area contributed by atoms with Crippen molar-refractivity contribution in [3.63, 3.8) is 0 Å². The van der Waals surface area contributed by atoms with Crippen LogP contribution in [0.5, 0.6) is 0 Å². The maximum Gasteiger partial charge on any atom is 0.255 e. The van der Waals surface area contributed by atoms with Gasteiger partial charge in [0.2, 0.25) is 5.91 Å². The third-order valence-corrected chi connectivity index (χ3v) is 5.66. The molecule has 0 radical (unpaired) electrons. The summed E-state index contributed by atoms with van der Waals surface area (Å²) in [7, 11) is 0. The van der Waals surface area contributed by atoms with Gasteiger partial charge in [-0.05, 0) is 41.8 Å².